The van der Waals surface area contributed by atoms with Crippen molar-refractivity contribution in [1.29, 1.82) is 0 Å². The second kappa shape index (κ2) is 5.09. The van der Waals surface area contributed by atoms with Gasteiger partial charge in [-0.25, -0.2) is 4.79 Å². The summed E-state index contributed by atoms with van der Waals surface area (Å²) in [6, 6.07) is 7.16. The quantitative estimate of drug-likeness (QED) is 0.641. The Morgan fingerprint density at radius 2 is 2.24 bits per heavy atom. The highest BCUT2D eigenvalue weighted by atomic mass is 79.9. The fraction of sp³-hybridized carbons (Fsp3) is 0.182. The highest BCUT2D eigenvalue weighted by molar-refractivity contribution is 9.08. The molecular formula is C11H10BrN3O2. The number of para-hydroxylation sites is 1. The van der Waals surface area contributed by atoms with Gasteiger partial charge in [0.1, 0.15) is 12.2 Å². The van der Waals surface area contributed by atoms with Crippen LogP contribution in [0.2, 0.25) is 0 Å². The van der Waals surface area contributed by atoms with E-state index in [0.29, 0.717) is 16.6 Å². The van der Waals surface area contributed by atoms with Gasteiger partial charge in [0, 0.05) is 0 Å². The molecule has 0 radical (unpaired) electrons. The molecule has 0 atom stereocenters. The number of hydrogen-bond donors (Lipinski definition) is 0. The van der Waals surface area contributed by atoms with Gasteiger partial charge in [0.05, 0.1) is 23.7 Å². The van der Waals surface area contributed by atoms with Crippen molar-refractivity contribution in [2.75, 3.05) is 7.11 Å². The van der Waals surface area contributed by atoms with E-state index >= 15 is 0 Å². The molecule has 0 spiro atoms. The molecule has 1 aromatic heterocycles. The van der Waals surface area contributed by atoms with Gasteiger partial charge < -0.3 is 4.74 Å². The summed E-state index contributed by atoms with van der Waals surface area (Å²) in [5.41, 5.74) is 1.19. The van der Waals surface area contributed by atoms with E-state index < -0.39 is 0 Å². The Kier molecular flexibility index (Phi) is 3.53. The molecule has 2 aromatic rings. The highest BCUT2D eigenvalue weighted by Gasteiger charge is 2.14. The number of halogens is 1. The summed E-state index contributed by atoms with van der Waals surface area (Å²) in [6.45, 7) is 0. The first kappa shape index (κ1) is 11.8. The molecule has 0 saturated carbocycles. The van der Waals surface area contributed by atoms with E-state index in [2.05, 4.69) is 26.1 Å². The standard InChI is InChI=1S/C11H10BrN3O2/c1-17-11(16)8-4-2-3-5-9(8)15-7-13-14-10(15)6-12/h2-5,7H,6H2,1H3. The van der Waals surface area contributed by atoms with Crippen molar-refractivity contribution in [3.05, 3.63) is 42.0 Å². The smallest absolute Gasteiger partial charge is 0.339 e. The second-order valence-electron chi connectivity index (χ2n) is 3.26. The van der Waals surface area contributed by atoms with Crippen LogP contribution in [-0.2, 0) is 10.1 Å². The van der Waals surface area contributed by atoms with Crippen LogP contribution < -0.4 is 0 Å². The van der Waals surface area contributed by atoms with Crippen LogP contribution >= 0.6 is 15.9 Å². The predicted octanol–water partition coefficient (Wildman–Crippen LogP) is 1.95. The maximum atomic E-state index is 11.6. The molecule has 0 amide bonds. The number of esters is 1. The molecular weight excluding hydrogens is 286 g/mol. The fourth-order valence-corrected chi connectivity index (χ4v) is 1.90. The summed E-state index contributed by atoms with van der Waals surface area (Å²) in [4.78, 5) is 11.6. The number of carbonyl (C=O) groups excluding carboxylic acids is 1. The Hall–Kier alpha value is -1.69. The Morgan fingerprint density at radius 3 is 2.94 bits per heavy atom. The van der Waals surface area contributed by atoms with Crippen molar-refractivity contribution in [1.82, 2.24) is 14.8 Å². The van der Waals surface area contributed by atoms with Gasteiger partial charge in [0.25, 0.3) is 0 Å². The molecule has 2 rings (SSSR count). The number of aromatic nitrogens is 3. The minimum Gasteiger partial charge on any atom is -0.465 e. The van der Waals surface area contributed by atoms with Crippen molar-refractivity contribution in [3.63, 3.8) is 0 Å². The summed E-state index contributed by atoms with van der Waals surface area (Å²) in [7, 11) is 1.36. The zero-order valence-corrected chi connectivity index (χ0v) is 10.7. The molecule has 0 unspecified atom stereocenters. The number of hydrogen-bond acceptors (Lipinski definition) is 4. The summed E-state index contributed by atoms with van der Waals surface area (Å²) in [6.07, 6.45) is 1.57. The maximum absolute atomic E-state index is 11.6. The molecule has 88 valence electrons. The van der Waals surface area contributed by atoms with Crippen LogP contribution in [0, 0.1) is 0 Å². The molecule has 5 nitrogen and oxygen atoms in total. The number of carbonyl (C=O) groups is 1. The van der Waals surface area contributed by atoms with E-state index in [4.69, 9.17) is 4.74 Å². The summed E-state index contributed by atoms with van der Waals surface area (Å²) in [5.74, 6) is 0.344. The summed E-state index contributed by atoms with van der Waals surface area (Å²) < 4.78 is 6.49. The van der Waals surface area contributed by atoms with Gasteiger partial charge in [0.2, 0.25) is 0 Å². The number of alkyl halides is 1. The minimum atomic E-state index is -0.380. The van der Waals surface area contributed by atoms with Crippen LogP contribution in [0.15, 0.2) is 30.6 Å². The third-order valence-electron chi connectivity index (χ3n) is 2.31. The van der Waals surface area contributed by atoms with E-state index in [1.807, 2.05) is 12.1 Å². The normalized spacial score (nSPS) is 10.2. The number of benzene rings is 1. The molecule has 0 N–H and O–H groups in total. The van der Waals surface area contributed by atoms with Gasteiger partial charge in [-0.3, -0.25) is 4.57 Å². The van der Waals surface area contributed by atoms with Crippen LogP contribution in [0.5, 0.6) is 0 Å². The van der Waals surface area contributed by atoms with Crippen LogP contribution in [0.25, 0.3) is 5.69 Å². The zero-order valence-electron chi connectivity index (χ0n) is 9.13. The molecule has 0 aliphatic rings. The molecule has 17 heavy (non-hydrogen) atoms. The minimum absolute atomic E-state index is 0.380. The van der Waals surface area contributed by atoms with Gasteiger partial charge in [-0.15, -0.1) is 10.2 Å². The van der Waals surface area contributed by atoms with Gasteiger partial charge in [-0.1, -0.05) is 28.1 Å². The van der Waals surface area contributed by atoms with Crippen molar-refractivity contribution < 1.29 is 9.53 Å². The number of ether oxygens (including phenoxy) is 1. The van der Waals surface area contributed by atoms with Gasteiger partial charge >= 0.3 is 5.97 Å². The van der Waals surface area contributed by atoms with Crippen LogP contribution in [0.4, 0.5) is 0 Å². The average molecular weight is 296 g/mol. The van der Waals surface area contributed by atoms with Gasteiger partial charge in [-0.05, 0) is 12.1 Å². The van der Waals surface area contributed by atoms with Crippen molar-refractivity contribution in [2.45, 2.75) is 5.33 Å². The lowest BCUT2D eigenvalue weighted by Crippen LogP contribution is -2.08. The lowest BCUT2D eigenvalue weighted by molar-refractivity contribution is 0.0601. The number of nitrogens with zero attached hydrogens (tertiary/aromatic N) is 3. The molecule has 0 aliphatic heterocycles. The Morgan fingerprint density at radius 1 is 1.47 bits per heavy atom. The Balaban J connectivity index is 2.56. The van der Waals surface area contributed by atoms with E-state index in [1.165, 1.54) is 7.11 Å². The fourth-order valence-electron chi connectivity index (χ4n) is 1.52. The third-order valence-corrected chi connectivity index (χ3v) is 2.81. The van der Waals surface area contributed by atoms with Gasteiger partial charge in [-0.2, -0.15) is 0 Å². The lowest BCUT2D eigenvalue weighted by Gasteiger charge is -2.09. The Labute approximate surface area is 107 Å². The van der Waals surface area contributed by atoms with E-state index in [-0.39, 0.29) is 5.97 Å². The lowest BCUT2D eigenvalue weighted by atomic mass is 10.2. The predicted molar refractivity (Wildman–Crippen MR) is 65.3 cm³/mol. The molecule has 6 heteroatoms. The van der Waals surface area contributed by atoms with E-state index in [1.54, 1.807) is 23.0 Å². The monoisotopic (exact) mass is 295 g/mol. The SMILES string of the molecule is COC(=O)c1ccccc1-n1cnnc1CBr. The first-order valence-electron chi connectivity index (χ1n) is 4.90. The van der Waals surface area contributed by atoms with Crippen molar-refractivity contribution >= 4 is 21.9 Å². The second-order valence-corrected chi connectivity index (χ2v) is 3.82. The van der Waals surface area contributed by atoms with E-state index in [0.717, 1.165) is 5.82 Å². The average Bonchev–Trinajstić information content (AvgIpc) is 2.86. The number of rotatable bonds is 3. The van der Waals surface area contributed by atoms with Crippen LogP contribution in [-0.4, -0.2) is 27.8 Å². The molecule has 1 heterocycles. The molecule has 1 aromatic carbocycles. The zero-order chi connectivity index (χ0) is 12.3. The third kappa shape index (κ3) is 2.21. The van der Waals surface area contributed by atoms with Crippen molar-refractivity contribution in [3.8, 4) is 5.69 Å². The first-order valence-corrected chi connectivity index (χ1v) is 6.02. The summed E-state index contributed by atoms with van der Waals surface area (Å²) >= 11 is 3.32. The molecule has 0 bridgehead atoms. The van der Waals surface area contributed by atoms with Crippen LogP contribution in [0.3, 0.4) is 0 Å². The van der Waals surface area contributed by atoms with E-state index in [9.17, 15) is 4.79 Å². The topological polar surface area (TPSA) is 57.0 Å². The van der Waals surface area contributed by atoms with Crippen LogP contribution in [0.1, 0.15) is 16.2 Å². The van der Waals surface area contributed by atoms with Crippen molar-refractivity contribution in [2.24, 2.45) is 0 Å². The van der Waals surface area contributed by atoms with Gasteiger partial charge in [0.15, 0.2) is 0 Å². The molecule has 0 aliphatic carbocycles. The molecule has 0 saturated heterocycles. The first-order chi connectivity index (χ1) is 8.27. The Bertz CT molecular complexity index is 539. The maximum Gasteiger partial charge on any atom is 0.339 e. The summed E-state index contributed by atoms with van der Waals surface area (Å²) in [5, 5.41) is 8.34. The molecule has 0 fully saturated rings. The largest absolute Gasteiger partial charge is 0.465 e. The number of methoxy groups -OCH3 is 1. The highest BCUT2D eigenvalue weighted by Crippen LogP contribution is 2.17.